The second-order valence-corrected chi connectivity index (χ2v) is 21.3. The summed E-state index contributed by atoms with van der Waals surface area (Å²) in [7, 11) is 4.28. The van der Waals surface area contributed by atoms with Crippen LogP contribution in [0.5, 0.6) is 0 Å². The van der Waals surface area contributed by atoms with Gasteiger partial charge in [0.15, 0.2) is 6.29 Å². The minimum Gasteiger partial charge on any atom is -0.470 e. The molecule has 6 unspecified atom stereocenters. The first-order valence-electron chi connectivity index (χ1n) is 25.5. The Bertz CT molecular complexity index is 1190. The quantitative estimate of drug-likeness (QED) is 0.0411. The fourth-order valence-electron chi connectivity index (χ4n) is 12.7. The summed E-state index contributed by atoms with van der Waals surface area (Å²) in [6.07, 6.45) is 44.2. The predicted molar refractivity (Wildman–Crippen MR) is 250 cm³/mol. The van der Waals surface area contributed by atoms with Gasteiger partial charge < -0.3 is 19.1 Å². The molecular weight excluding hydrogens is 711 g/mol. The zero-order valence-electron chi connectivity index (χ0n) is 40.1. The van der Waals surface area contributed by atoms with Crippen molar-refractivity contribution in [3.8, 4) is 0 Å². The Morgan fingerprint density at radius 3 is 2.16 bits per heavy atom. The average molecular weight is 808 g/mol. The molecule has 0 radical (unpaired) electrons. The zero-order valence-corrected chi connectivity index (χ0v) is 40.1. The van der Waals surface area contributed by atoms with Gasteiger partial charge >= 0.3 is 0 Å². The van der Waals surface area contributed by atoms with Gasteiger partial charge in [0.05, 0.1) is 18.5 Å². The van der Waals surface area contributed by atoms with Crippen molar-refractivity contribution >= 4 is 0 Å². The Hall–Kier alpha value is -1.10. The summed E-state index contributed by atoms with van der Waals surface area (Å²) in [4.78, 5) is 2.23. The van der Waals surface area contributed by atoms with Crippen molar-refractivity contribution in [1.82, 2.24) is 4.90 Å². The van der Waals surface area contributed by atoms with E-state index in [0.717, 1.165) is 86.7 Å². The van der Waals surface area contributed by atoms with Crippen LogP contribution >= 0.6 is 0 Å². The summed E-state index contributed by atoms with van der Waals surface area (Å²) in [5.74, 6) is 7.37. The second-order valence-electron chi connectivity index (χ2n) is 21.3. The number of unbranched alkanes of at least 4 members (excludes halogenated alkanes) is 9. The smallest absolute Gasteiger partial charge is 0.199 e. The van der Waals surface area contributed by atoms with Gasteiger partial charge in [-0.3, -0.25) is 0 Å². The molecule has 3 saturated carbocycles. The van der Waals surface area contributed by atoms with Crippen LogP contribution < -0.4 is 0 Å². The molecular formula is C54H97NO3. The van der Waals surface area contributed by atoms with Gasteiger partial charge in [0.1, 0.15) is 0 Å². The van der Waals surface area contributed by atoms with Crippen molar-refractivity contribution in [2.75, 3.05) is 33.9 Å². The van der Waals surface area contributed by atoms with E-state index < -0.39 is 0 Å². The fourth-order valence-corrected chi connectivity index (χ4v) is 12.7. The summed E-state index contributed by atoms with van der Waals surface area (Å²) in [5, 5.41) is 0. The molecule has 0 aliphatic heterocycles. The molecule has 0 spiro atoms. The minimum absolute atomic E-state index is 0.0192. The highest BCUT2D eigenvalue weighted by Gasteiger charge is 2.60. The summed E-state index contributed by atoms with van der Waals surface area (Å²) < 4.78 is 19.9. The van der Waals surface area contributed by atoms with Crippen LogP contribution in [-0.2, 0) is 14.2 Å². The van der Waals surface area contributed by atoms with E-state index in [4.69, 9.17) is 14.2 Å². The number of rotatable bonds is 30. The molecule has 4 rings (SSSR count). The number of nitrogens with zero attached hydrogens (tertiary/aromatic N) is 1. The first-order valence-corrected chi connectivity index (χ1v) is 25.5. The normalized spacial score (nSPS) is 30.1. The molecule has 4 heteroatoms. The standard InChI is InChI=1S/C54H97NO3/c1-10-12-13-14-15-16-17-18-19-20-21-22-23-24-25-26-39-56-42-47(41-55(8)9)58-52(28-11-2)57-46-35-37-53(6)45(40-46)31-32-48-50-34-33-49(44(5)30-27-29-43(3)4)54(50,7)38-36-51(48)53/h15-16,18-19,35,43-45,47-52H,10-14,17,20-34,36-42H2,1-9H3/b16-15-,19-18-/t44-,45?,47?,48?,49-,50?,51?,52?,53+,54-/m1/s1. The van der Waals surface area contributed by atoms with Crippen molar-refractivity contribution < 1.29 is 14.2 Å². The van der Waals surface area contributed by atoms with E-state index in [1.165, 1.54) is 134 Å². The lowest BCUT2D eigenvalue weighted by Crippen LogP contribution is -2.53. The van der Waals surface area contributed by atoms with E-state index in [2.05, 4.69) is 97.8 Å². The van der Waals surface area contributed by atoms with E-state index in [1.807, 2.05) is 0 Å². The highest BCUT2D eigenvalue weighted by atomic mass is 16.7. The maximum Gasteiger partial charge on any atom is 0.199 e. The van der Waals surface area contributed by atoms with Crippen molar-refractivity contribution in [1.29, 1.82) is 0 Å². The van der Waals surface area contributed by atoms with Gasteiger partial charge in [0, 0.05) is 26.0 Å². The van der Waals surface area contributed by atoms with E-state index in [9.17, 15) is 0 Å². The van der Waals surface area contributed by atoms with E-state index >= 15 is 0 Å². The monoisotopic (exact) mass is 808 g/mol. The predicted octanol–water partition coefficient (Wildman–Crippen LogP) is 15.5. The third-order valence-corrected chi connectivity index (χ3v) is 16.0. The highest BCUT2D eigenvalue weighted by molar-refractivity contribution is 5.15. The highest BCUT2D eigenvalue weighted by Crippen LogP contribution is 2.68. The van der Waals surface area contributed by atoms with Crippen molar-refractivity contribution in [3.63, 3.8) is 0 Å². The van der Waals surface area contributed by atoms with Gasteiger partial charge in [-0.05, 0) is 156 Å². The molecule has 0 amide bonds. The third-order valence-electron chi connectivity index (χ3n) is 16.0. The molecule has 0 aromatic carbocycles. The SMILES string of the molecule is CCCCC/C=C\C/C=C\CCCCCCCCOCC(CN(C)C)OC(CCC)OC1=CC[C@@]2(C)C(CCC3C2CC[C@@]2(C)C3CC[C@@H]2[C@H](C)CCCC(C)C)C1. The minimum atomic E-state index is -0.194. The maximum absolute atomic E-state index is 6.84. The summed E-state index contributed by atoms with van der Waals surface area (Å²) in [5.41, 5.74) is 0.989. The molecule has 0 heterocycles. The zero-order chi connectivity index (χ0) is 41.8. The molecule has 0 bridgehead atoms. The van der Waals surface area contributed by atoms with Crippen LogP contribution in [0, 0.1) is 52.3 Å². The van der Waals surface area contributed by atoms with E-state index in [0.29, 0.717) is 17.4 Å². The number of likely N-dealkylation sites (N-methyl/N-ethyl adjacent to an activating group) is 1. The number of hydrogen-bond donors (Lipinski definition) is 0. The molecule has 10 atom stereocenters. The molecule has 58 heavy (non-hydrogen) atoms. The maximum atomic E-state index is 6.84. The molecule has 3 fully saturated rings. The van der Waals surface area contributed by atoms with Gasteiger partial charge in [-0.1, -0.05) is 137 Å². The summed E-state index contributed by atoms with van der Waals surface area (Å²) in [6.45, 7) is 19.7. The lowest BCUT2D eigenvalue weighted by Gasteiger charge is -2.60. The largest absolute Gasteiger partial charge is 0.470 e. The molecule has 4 nitrogen and oxygen atoms in total. The number of hydrogen-bond acceptors (Lipinski definition) is 4. The van der Waals surface area contributed by atoms with Crippen molar-refractivity contribution in [3.05, 3.63) is 36.1 Å². The van der Waals surface area contributed by atoms with Gasteiger partial charge in [-0.25, -0.2) is 0 Å². The van der Waals surface area contributed by atoms with Crippen LogP contribution in [-0.4, -0.2) is 51.1 Å². The molecule has 0 aromatic rings. The molecule has 336 valence electrons. The van der Waals surface area contributed by atoms with Crippen molar-refractivity contribution in [2.45, 2.75) is 221 Å². The van der Waals surface area contributed by atoms with Crippen LogP contribution in [0.15, 0.2) is 36.1 Å². The van der Waals surface area contributed by atoms with Crippen LogP contribution in [0.2, 0.25) is 0 Å². The number of fused-ring (bicyclic) bond motifs is 5. The van der Waals surface area contributed by atoms with Gasteiger partial charge in [0.25, 0.3) is 0 Å². The lowest BCUT2D eigenvalue weighted by molar-refractivity contribution is -0.176. The van der Waals surface area contributed by atoms with Gasteiger partial charge in [-0.15, -0.1) is 0 Å². The van der Waals surface area contributed by atoms with Crippen molar-refractivity contribution in [2.24, 2.45) is 52.3 Å². The van der Waals surface area contributed by atoms with E-state index in [1.54, 1.807) is 0 Å². The lowest BCUT2D eigenvalue weighted by atomic mass is 9.45. The van der Waals surface area contributed by atoms with Gasteiger partial charge in [0.2, 0.25) is 0 Å². The van der Waals surface area contributed by atoms with Crippen LogP contribution in [0.4, 0.5) is 0 Å². The van der Waals surface area contributed by atoms with Crippen LogP contribution in [0.25, 0.3) is 0 Å². The van der Waals surface area contributed by atoms with Crippen LogP contribution in [0.3, 0.4) is 0 Å². The Labute approximate surface area is 361 Å². The summed E-state index contributed by atoms with van der Waals surface area (Å²) >= 11 is 0. The first-order chi connectivity index (χ1) is 28.0. The molecule has 0 saturated heterocycles. The number of allylic oxidation sites excluding steroid dienone is 6. The Morgan fingerprint density at radius 2 is 1.45 bits per heavy atom. The molecule has 0 aromatic heterocycles. The summed E-state index contributed by atoms with van der Waals surface area (Å²) in [6, 6.07) is 0. The molecule has 4 aliphatic carbocycles. The Kier molecular flexibility index (Phi) is 22.5. The van der Waals surface area contributed by atoms with Crippen LogP contribution in [0.1, 0.15) is 209 Å². The second kappa shape index (κ2) is 26.4. The topological polar surface area (TPSA) is 30.9 Å². The molecule has 4 aliphatic rings. The Morgan fingerprint density at radius 1 is 0.741 bits per heavy atom. The van der Waals surface area contributed by atoms with E-state index in [-0.39, 0.29) is 12.4 Å². The third kappa shape index (κ3) is 15.4. The Balaban J connectivity index is 1.17. The van der Waals surface area contributed by atoms with Gasteiger partial charge in [-0.2, -0.15) is 0 Å². The molecule has 0 N–H and O–H groups in total. The first kappa shape index (κ1) is 49.6. The average Bonchev–Trinajstić information content (AvgIpc) is 3.54. The number of ether oxygens (including phenoxy) is 3. The fraction of sp³-hybridized carbons (Fsp3) is 0.889.